The summed E-state index contributed by atoms with van der Waals surface area (Å²) in [7, 11) is 0. The van der Waals surface area contributed by atoms with Gasteiger partial charge in [-0.25, -0.2) is 4.39 Å². The molecular weight excluding hydrogens is 421 g/mol. The van der Waals surface area contributed by atoms with Crippen molar-refractivity contribution in [1.29, 1.82) is 0 Å². The van der Waals surface area contributed by atoms with Crippen molar-refractivity contribution in [3.8, 4) is 0 Å². The van der Waals surface area contributed by atoms with Crippen molar-refractivity contribution in [2.24, 2.45) is 5.92 Å². The third kappa shape index (κ3) is 7.29. The molecule has 2 N–H and O–H groups in total. The minimum Gasteiger partial charge on any atom is -0.383 e. The van der Waals surface area contributed by atoms with Gasteiger partial charge in [-0.1, -0.05) is 38.1 Å². The number of hydrogen-bond donors (Lipinski definition) is 2. The van der Waals surface area contributed by atoms with Gasteiger partial charge < -0.3 is 20.3 Å². The van der Waals surface area contributed by atoms with Crippen LogP contribution in [0.15, 0.2) is 48.5 Å². The molecule has 2 aromatic rings. The lowest BCUT2D eigenvalue weighted by Crippen LogP contribution is -2.47. The molecule has 6 nitrogen and oxygen atoms in total. The van der Waals surface area contributed by atoms with Crippen LogP contribution in [0.5, 0.6) is 0 Å². The maximum absolute atomic E-state index is 13.5. The van der Waals surface area contributed by atoms with Gasteiger partial charge in [0.15, 0.2) is 0 Å². The summed E-state index contributed by atoms with van der Waals surface area (Å²) >= 11 is 0. The van der Waals surface area contributed by atoms with Crippen LogP contribution in [0.3, 0.4) is 0 Å². The average molecular weight is 456 g/mol. The zero-order valence-corrected chi connectivity index (χ0v) is 19.6. The first-order valence-corrected chi connectivity index (χ1v) is 11.6. The van der Waals surface area contributed by atoms with E-state index in [2.05, 4.69) is 30.5 Å². The molecule has 0 aromatic heterocycles. The third-order valence-corrected chi connectivity index (χ3v) is 6.01. The fourth-order valence-corrected chi connectivity index (χ4v) is 3.89. The molecule has 0 radical (unpaired) electrons. The molecule has 1 saturated heterocycles. The molecule has 1 fully saturated rings. The highest BCUT2D eigenvalue weighted by Crippen LogP contribution is 2.23. The molecule has 0 spiro atoms. The van der Waals surface area contributed by atoms with Crippen LogP contribution in [0.4, 0.5) is 10.1 Å². The van der Waals surface area contributed by atoms with E-state index in [4.69, 9.17) is 4.74 Å². The predicted octanol–water partition coefficient (Wildman–Crippen LogP) is 3.72. The summed E-state index contributed by atoms with van der Waals surface area (Å²) in [5, 5.41) is 6.53. The van der Waals surface area contributed by atoms with E-state index in [1.165, 1.54) is 12.1 Å². The van der Waals surface area contributed by atoms with Gasteiger partial charge in [0.1, 0.15) is 5.82 Å². The molecule has 2 aromatic carbocycles. The molecule has 1 aliphatic rings. The monoisotopic (exact) mass is 455 g/mol. The van der Waals surface area contributed by atoms with Crippen LogP contribution >= 0.6 is 0 Å². The fraction of sp³-hybridized carbons (Fsp3) is 0.462. The normalized spacial score (nSPS) is 15.7. The Morgan fingerprint density at radius 1 is 1.09 bits per heavy atom. The summed E-state index contributed by atoms with van der Waals surface area (Å²) in [6.45, 7) is 8.73. The molecule has 7 heteroatoms. The maximum Gasteiger partial charge on any atom is 0.228 e. The molecule has 3 rings (SSSR count). The van der Waals surface area contributed by atoms with E-state index in [0.717, 1.165) is 11.3 Å². The standard InChI is InChI=1S/C26H34FN3O3/c1-18(2)24(17-28-22-6-4-5-19(3)15-22)29-26(32)23(20-7-9-21(27)10-8-20)16-25(31)30-11-13-33-14-12-30/h4-10,15,18,23-24,28H,11-14,16-17H2,1-3H3,(H,29,32)/t23-,24+/m0/s1. The number of aryl methyl sites for hydroxylation is 1. The van der Waals surface area contributed by atoms with Gasteiger partial charge in [-0.2, -0.15) is 0 Å². The van der Waals surface area contributed by atoms with E-state index in [1.54, 1.807) is 17.0 Å². The third-order valence-electron chi connectivity index (χ3n) is 6.01. The zero-order valence-electron chi connectivity index (χ0n) is 19.6. The van der Waals surface area contributed by atoms with Gasteiger partial charge in [0.2, 0.25) is 11.8 Å². The molecule has 1 aliphatic heterocycles. The van der Waals surface area contributed by atoms with Gasteiger partial charge in [0.25, 0.3) is 0 Å². The van der Waals surface area contributed by atoms with Crippen LogP contribution in [0, 0.1) is 18.7 Å². The molecule has 0 saturated carbocycles. The van der Waals surface area contributed by atoms with Crippen molar-refractivity contribution < 1.29 is 18.7 Å². The highest BCUT2D eigenvalue weighted by Gasteiger charge is 2.29. The largest absolute Gasteiger partial charge is 0.383 e. The van der Waals surface area contributed by atoms with E-state index in [-0.39, 0.29) is 36.0 Å². The van der Waals surface area contributed by atoms with E-state index in [0.29, 0.717) is 38.4 Å². The molecule has 2 atom stereocenters. The number of morpholine rings is 1. The minimum absolute atomic E-state index is 0.0353. The number of carbonyl (C=O) groups excluding carboxylic acids is 2. The maximum atomic E-state index is 13.5. The number of amides is 2. The number of ether oxygens (including phenoxy) is 1. The number of nitrogens with one attached hydrogen (secondary N) is 2. The van der Waals surface area contributed by atoms with Gasteiger partial charge in [0.05, 0.1) is 19.1 Å². The second-order valence-corrected chi connectivity index (χ2v) is 8.91. The summed E-state index contributed by atoms with van der Waals surface area (Å²) in [4.78, 5) is 28.0. The van der Waals surface area contributed by atoms with Crippen molar-refractivity contribution in [1.82, 2.24) is 10.2 Å². The first-order valence-electron chi connectivity index (χ1n) is 11.6. The Kier molecular flexibility index (Phi) is 8.83. The number of halogens is 1. The molecule has 0 bridgehead atoms. The second kappa shape index (κ2) is 11.8. The highest BCUT2D eigenvalue weighted by atomic mass is 19.1. The van der Waals surface area contributed by atoms with Crippen molar-refractivity contribution in [2.75, 3.05) is 38.2 Å². The van der Waals surface area contributed by atoms with Crippen molar-refractivity contribution in [3.63, 3.8) is 0 Å². The second-order valence-electron chi connectivity index (χ2n) is 8.91. The van der Waals surface area contributed by atoms with Gasteiger partial charge in [-0.15, -0.1) is 0 Å². The minimum atomic E-state index is -0.693. The lowest BCUT2D eigenvalue weighted by Gasteiger charge is -2.30. The van der Waals surface area contributed by atoms with Crippen LogP contribution in [0.1, 0.15) is 37.3 Å². The van der Waals surface area contributed by atoms with Crippen LogP contribution in [0.2, 0.25) is 0 Å². The van der Waals surface area contributed by atoms with Crippen molar-refractivity contribution in [2.45, 2.75) is 39.2 Å². The Labute approximate surface area is 195 Å². The quantitative estimate of drug-likeness (QED) is 0.605. The summed E-state index contributed by atoms with van der Waals surface area (Å²) in [6, 6.07) is 13.8. The van der Waals surface area contributed by atoms with Gasteiger partial charge in [-0.3, -0.25) is 9.59 Å². The molecule has 0 aliphatic carbocycles. The van der Waals surface area contributed by atoms with E-state index in [1.807, 2.05) is 25.1 Å². The number of anilines is 1. The van der Waals surface area contributed by atoms with Crippen LogP contribution in [-0.4, -0.2) is 55.6 Å². The van der Waals surface area contributed by atoms with Crippen molar-refractivity contribution in [3.05, 3.63) is 65.5 Å². The highest BCUT2D eigenvalue weighted by molar-refractivity contribution is 5.90. The molecule has 33 heavy (non-hydrogen) atoms. The predicted molar refractivity (Wildman–Crippen MR) is 128 cm³/mol. The number of benzene rings is 2. The zero-order chi connectivity index (χ0) is 23.8. The summed E-state index contributed by atoms with van der Waals surface area (Å²) in [5.41, 5.74) is 2.78. The lowest BCUT2D eigenvalue weighted by atomic mass is 9.92. The molecule has 2 amide bonds. The number of rotatable bonds is 9. The summed E-state index contributed by atoms with van der Waals surface area (Å²) in [5.74, 6) is -1.22. The van der Waals surface area contributed by atoms with Gasteiger partial charge in [0, 0.05) is 37.8 Å². The average Bonchev–Trinajstić information content (AvgIpc) is 2.81. The Balaban J connectivity index is 1.72. The number of carbonyl (C=O) groups is 2. The van der Waals surface area contributed by atoms with Crippen molar-refractivity contribution >= 4 is 17.5 Å². The molecule has 1 heterocycles. The Hall–Kier alpha value is -2.93. The summed E-state index contributed by atoms with van der Waals surface area (Å²) < 4.78 is 18.8. The van der Waals surface area contributed by atoms with E-state index < -0.39 is 5.92 Å². The first kappa shape index (κ1) is 24.7. The van der Waals surface area contributed by atoms with Gasteiger partial charge >= 0.3 is 0 Å². The van der Waals surface area contributed by atoms with Gasteiger partial charge in [-0.05, 0) is 48.2 Å². The van der Waals surface area contributed by atoms with Crippen LogP contribution < -0.4 is 10.6 Å². The number of nitrogens with zero attached hydrogens (tertiary/aromatic N) is 1. The van der Waals surface area contributed by atoms with E-state index >= 15 is 0 Å². The topological polar surface area (TPSA) is 70.7 Å². The Bertz CT molecular complexity index is 927. The molecule has 178 valence electrons. The molecular formula is C26H34FN3O3. The lowest BCUT2D eigenvalue weighted by molar-refractivity contribution is -0.138. The smallest absolute Gasteiger partial charge is 0.228 e. The number of hydrogen-bond acceptors (Lipinski definition) is 4. The SMILES string of the molecule is Cc1cccc(NC[C@@H](NC(=O)[C@@H](CC(=O)N2CCOCC2)c2ccc(F)cc2)C(C)C)c1. The van der Waals surface area contributed by atoms with Crippen LogP contribution in [-0.2, 0) is 14.3 Å². The Morgan fingerprint density at radius 3 is 2.42 bits per heavy atom. The molecule has 0 unspecified atom stereocenters. The Morgan fingerprint density at radius 2 is 1.79 bits per heavy atom. The first-order chi connectivity index (χ1) is 15.8. The summed E-state index contributed by atoms with van der Waals surface area (Å²) in [6.07, 6.45) is 0.0353. The van der Waals surface area contributed by atoms with E-state index in [9.17, 15) is 14.0 Å². The fourth-order valence-electron chi connectivity index (χ4n) is 3.89. The van der Waals surface area contributed by atoms with Crippen LogP contribution in [0.25, 0.3) is 0 Å².